The van der Waals surface area contributed by atoms with E-state index in [1.54, 1.807) is 37.8 Å². The van der Waals surface area contributed by atoms with Crippen LogP contribution < -0.4 is 0 Å². The molecule has 114 valence electrons. The van der Waals surface area contributed by atoms with Crippen LogP contribution in [0.25, 0.3) is 0 Å². The van der Waals surface area contributed by atoms with E-state index >= 15 is 0 Å². The van der Waals surface area contributed by atoms with Gasteiger partial charge in [-0.3, -0.25) is 4.79 Å². The SMILES string of the molecule is C=CCN(CC=C)C(=O)c1[nH]c(C)c(C(=O)OCC)c1C. The molecule has 0 unspecified atom stereocenters. The van der Waals surface area contributed by atoms with Gasteiger partial charge in [-0.1, -0.05) is 12.2 Å². The van der Waals surface area contributed by atoms with E-state index in [-0.39, 0.29) is 5.91 Å². The molecule has 1 heterocycles. The van der Waals surface area contributed by atoms with Gasteiger partial charge in [0.2, 0.25) is 0 Å². The van der Waals surface area contributed by atoms with E-state index in [0.717, 1.165) is 0 Å². The Balaban J connectivity index is 3.16. The molecule has 0 bridgehead atoms. The van der Waals surface area contributed by atoms with Crippen LogP contribution in [-0.2, 0) is 4.74 Å². The van der Waals surface area contributed by atoms with Gasteiger partial charge in [0.05, 0.1) is 12.2 Å². The van der Waals surface area contributed by atoms with Gasteiger partial charge in [-0.2, -0.15) is 0 Å². The number of aryl methyl sites for hydroxylation is 1. The fourth-order valence-corrected chi connectivity index (χ4v) is 2.18. The Morgan fingerprint density at radius 3 is 2.29 bits per heavy atom. The van der Waals surface area contributed by atoms with Gasteiger partial charge in [0.25, 0.3) is 5.91 Å². The molecule has 1 amide bonds. The first kappa shape index (κ1) is 16.8. The molecule has 0 aromatic carbocycles. The van der Waals surface area contributed by atoms with Crippen LogP contribution in [0.2, 0.25) is 0 Å². The third kappa shape index (κ3) is 3.62. The summed E-state index contributed by atoms with van der Waals surface area (Å²) in [5, 5.41) is 0. The number of H-pyrrole nitrogens is 1. The number of amides is 1. The van der Waals surface area contributed by atoms with Gasteiger partial charge in [0, 0.05) is 18.8 Å². The number of carbonyl (C=O) groups excluding carboxylic acids is 2. The Kier molecular flexibility index (Phi) is 5.96. The summed E-state index contributed by atoms with van der Waals surface area (Å²) in [6, 6.07) is 0. The summed E-state index contributed by atoms with van der Waals surface area (Å²) in [5.41, 5.74) is 2.07. The molecule has 0 spiro atoms. The van der Waals surface area contributed by atoms with Crippen molar-refractivity contribution in [3.63, 3.8) is 0 Å². The smallest absolute Gasteiger partial charge is 0.340 e. The van der Waals surface area contributed by atoms with Crippen molar-refractivity contribution in [3.8, 4) is 0 Å². The molecule has 0 aliphatic carbocycles. The zero-order chi connectivity index (χ0) is 16.0. The highest BCUT2D eigenvalue weighted by molar-refractivity contribution is 6.00. The van der Waals surface area contributed by atoms with Crippen LogP contribution in [0.4, 0.5) is 0 Å². The zero-order valence-electron chi connectivity index (χ0n) is 12.9. The molecule has 0 aliphatic rings. The fourth-order valence-electron chi connectivity index (χ4n) is 2.18. The van der Waals surface area contributed by atoms with E-state index in [1.807, 2.05) is 0 Å². The average Bonchev–Trinajstić information content (AvgIpc) is 2.73. The van der Waals surface area contributed by atoms with Crippen molar-refractivity contribution in [2.24, 2.45) is 0 Å². The fraction of sp³-hybridized carbons (Fsp3) is 0.375. The maximum atomic E-state index is 12.5. The number of carbonyl (C=O) groups is 2. The van der Waals surface area contributed by atoms with Gasteiger partial charge >= 0.3 is 5.97 Å². The maximum absolute atomic E-state index is 12.5. The van der Waals surface area contributed by atoms with Crippen LogP contribution in [0, 0.1) is 13.8 Å². The van der Waals surface area contributed by atoms with Gasteiger partial charge in [-0.15, -0.1) is 13.2 Å². The highest BCUT2D eigenvalue weighted by Gasteiger charge is 2.25. The van der Waals surface area contributed by atoms with Crippen LogP contribution in [0.3, 0.4) is 0 Å². The molecule has 0 atom stereocenters. The second kappa shape index (κ2) is 7.47. The molecule has 5 nitrogen and oxygen atoms in total. The second-order valence-electron chi connectivity index (χ2n) is 4.63. The summed E-state index contributed by atoms with van der Waals surface area (Å²) in [7, 11) is 0. The third-order valence-electron chi connectivity index (χ3n) is 3.12. The quantitative estimate of drug-likeness (QED) is 0.620. The van der Waals surface area contributed by atoms with E-state index < -0.39 is 5.97 Å². The molecule has 1 rings (SSSR count). The number of hydrogen-bond acceptors (Lipinski definition) is 3. The zero-order valence-corrected chi connectivity index (χ0v) is 12.9. The van der Waals surface area contributed by atoms with Crippen molar-refractivity contribution >= 4 is 11.9 Å². The molecule has 0 saturated carbocycles. The summed E-state index contributed by atoms with van der Waals surface area (Å²) >= 11 is 0. The number of nitrogens with one attached hydrogen (secondary N) is 1. The van der Waals surface area contributed by atoms with Crippen LogP contribution in [0.5, 0.6) is 0 Å². The lowest BCUT2D eigenvalue weighted by Crippen LogP contribution is -2.32. The Morgan fingerprint density at radius 1 is 1.24 bits per heavy atom. The van der Waals surface area contributed by atoms with Crippen molar-refractivity contribution in [2.75, 3.05) is 19.7 Å². The first-order valence-electron chi connectivity index (χ1n) is 6.85. The molecular formula is C16H22N2O3. The minimum atomic E-state index is -0.415. The predicted octanol–water partition coefficient (Wildman–Crippen LogP) is 2.62. The minimum absolute atomic E-state index is 0.189. The number of aromatic amines is 1. The second-order valence-corrected chi connectivity index (χ2v) is 4.63. The lowest BCUT2D eigenvalue weighted by Gasteiger charge is -2.19. The molecule has 0 radical (unpaired) electrons. The lowest BCUT2D eigenvalue weighted by atomic mass is 10.1. The Bertz CT molecular complexity index is 548. The Hall–Kier alpha value is -2.30. The van der Waals surface area contributed by atoms with Crippen molar-refractivity contribution in [3.05, 3.63) is 47.8 Å². The first-order valence-corrected chi connectivity index (χ1v) is 6.85. The summed E-state index contributed by atoms with van der Waals surface area (Å²) in [6.07, 6.45) is 3.30. The van der Waals surface area contributed by atoms with Crippen LogP contribution in [0.15, 0.2) is 25.3 Å². The summed E-state index contributed by atoms with van der Waals surface area (Å²) in [6.45, 7) is 13.7. The number of aromatic nitrogens is 1. The average molecular weight is 290 g/mol. The molecule has 1 aromatic rings. The topological polar surface area (TPSA) is 62.4 Å². The Morgan fingerprint density at radius 2 is 1.81 bits per heavy atom. The number of nitrogens with zero attached hydrogens (tertiary/aromatic N) is 1. The van der Waals surface area contributed by atoms with Crippen LogP contribution in [0.1, 0.15) is 39.0 Å². The van der Waals surface area contributed by atoms with E-state index in [9.17, 15) is 9.59 Å². The van der Waals surface area contributed by atoms with Gasteiger partial charge in [-0.25, -0.2) is 4.79 Å². The molecule has 0 saturated heterocycles. The standard InChI is InChI=1S/C16H22N2O3/c1-6-9-18(10-7-2)15(19)14-11(4)13(12(5)17-14)16(20)21-8-3/h6-7,17H,1-2,8-10H2,3-5H3. The molecule has 0 aliphatic heterocycles. The van der Waals surface area contributed by atoms with E-state index in [0.29, 0.717) is 42.2 Å². The van der Waals surface area contributed by atoms with Crippen molar-refractivity contribution in [2.45, 2.75) is 20.8 Å². The predicted molar refractivity (Wildman–Crippen MR) is 82.5 cm³/mol. The maximum Gasteiger partial charge on any atom is 0.340 e. The molecule has 1 N–H and O–H groups in total. The molecule has 1 aromatic heterocycles. The van der Waals surface area contributed by atoms with Gasteiger partial charge in [0.15, 0.2) is 0 Å². The van der Waals surface area contributed by atoms with Gasteiger partial charge in [-0.05, 0) is 26.3 Å². The number of rotatable bonds is 7. The van der Waals surface area contributed by atoms with Crippen molar-refractivity contribution in [1.29, 1.82) is 0 Å². The first-order chi connectivity index (χ1) is 9.97. The summed E-state index contributed by atoms with van der Waals surface area (Å²) < 4.78 is 5.02. The lowest BCUT2D eigenvalue weighted by molar-refractivity contribution is 0.0525. The monoisotopic (exact) mass is 290 g/mol. The molecule has 5 heteroatoms. The number of hydrogen-bond donors (Lipinski definition) is 1. The highest BCUT2D eigenvalue weighted by Crippen LogP contribution is 2.20. The van der Waals surface area contributed by atoms with E-state index in [1.165, 1.54) is 0 Å². The normalized spacial score (nSPS) is 10.0. The highest BCUT2D eigenvalue weighted by atomic mass is 16.5. The van der Waals surface area contributed by atoms with Crippen molar-refractivity contribution in [1.82, 2.24) is 9.88 Å². The minimum Gasteiger partial charge on any atom is -0.462 e. The van der Waals surface area contributed by atoms with Gasteiger partial charge < -0.3 is 14.6 Å². The van der Waals surface area contributed by atoms with Crippen molar-refractivity contribution < 1.29 is 14.3 Å². The summed E-state index contributed by atoms with van der Waals surface area (Å²) in [5.74, 6) is -0.604. The van der Waals surface area contributed by atoms with E-state index in [4.69, 9.17) is 4.74 Å². The number of esters is 1. The van der Waals surface area contributed by atoms with E-state index in [2.05, 4.69) is 18.1 Å². The van der Waals surface area contributed by atoms with Gasteiger partial charge in [0.1, 0.15) is 5.69 Å². The summed E-state index contributed by atoms with van der Waals surface area (Å²) in [4.78, 5) is 29.1. The van der Waals surface area contributed by atoms with Crippen LogP contribution >= 0.6 is 0 Å². The number of ether oxygens (including phenoxy) is 1. The molecule has 0 fully saturated rings. The molecule has 21 heavy (non-hydrogen) atoms. The van der Waals surface area contributed by atoms with Crippen LogP contribution in [-0.4, -0.2) is 41.5 Å². The third-order valence-corrected chi connectivity index (χ3v) is 3.12. The largest absolute Gasteiger partial charge is 0.462 e. The molecular weight excluding hydrogens is 268 g/mol. The Labute approximate surface area is 125 Å².